The monoisotopic (exact) mass is 438 g/mol. The van der Waals surface area contributed by atoms with Gasteiger partial charge in [-0.25, -0.2) is 4.98 Å². The van der Waals surface area contributed by atoms with Crippen molar-refractivity contribution in [2.75, 3.05) is 33.9 Å². The second kappa shape index (κ2) is 9.67. The van der Waals surface area contributed by atoms with E-state index in [1.54, 1.807) is 18.4 Å². The maximum absolute atomic E-state index is 5.25. The summed E-state index contributed by atoms with van der Waals surface area (Å²) in [5, 5.41) is 6.75. The van der Waals surface area contributed by atoms with Crippen LogP contribution in [0.15, 0.2) is 10.4 Å². The molecule has 0 amide bonds. The Morgan fingerprint density at radius 3 is 2.95 bits per heavy atom. The molecular formula is C15H27IN4OS. The maximum Gasteiger partial charge on any atom is 0.193 e. The predicted molar refractivity (Wildman–Crippen MR) is 103 cm³/mol. The van der Waals surface area contributed by atoms with E-state index in [0.717, 1.165) is 37.9 Å². The fourth-order valence-corrected chi connectivity index (χ4v) is 3.40. The van der Waals surface area contributed by atoms with Gasteiger partial charge in [0.05, 0.1) is 23.9 Å². The van der Waals surface area contributed by atoms with Crippen molar-refractivity contribution in [1.82, 2.24) is 15.2 Å². The molecule has 0 bridgehead atoms. The minimum atomic E-state index is 0. The Morgan fingerprint density at radius 1 is 1.59 bits per heavy atom. The van der Waals surface area contributed by atoms with Crippen molar-refractivity contribution >= 4 is 41.3 Å². The quantitative estimate of drug-likeness (QED) is 0.437. The van der Waals surface area contributed by atoms with E-state index in [0.29, 0.717) is 11.8 Å². The zero-order valence-corrected chi connectivity index (χ0v) is 17.0. The second-order valence-corrected chi connectivity index (χ2v) is 6.68. The number of rotatable bonds is 5. The summed E-state index contributed by atoms with van der Waals surface area (Å²) in [6, 6.07) is 0. The van der Waals surface area contributed by atoms with Crippen molar-refractivity contribution in [1.29, 1.82) is 0 Å². The van der Waals surface area contributed by atoms with Crippen molar-refractivity contribution in [2.45, 2.75) is 32.7 Å². The first-order valence-corrected chi connectivity index (χ1v) is 8.40. The van der Waals surface area contributed by atoms with Crippen LogP contribution >= 0.6 is 35.3 Å². The van der Waals surface area contributed by atoms with Gasteiger partial charge in [0, 0.05) is 44.5 Å². The molecule has 1 aliphatic heterocycles. The van der Waals surface area contributed by atoms with E-state index in [4.69, 9.17) is 4.74 Å². The molecule has 5 nitrogen and oxygen atoms in total. The van der Waals surface area contributed by atoms with Crippen LogP contribution in [0, 0.1) is 5.92 Å². The Hall–Kier alpha value is -0.410. The molecule has 1 aliphatic rings. The topological polar surface area (TPSA) is 49.8 Å². The highest BCUT2D eigenvalue weighted by Crippen LogP contribution is 2.19. The lowest BCUT2D eigenvalue weighted by molar-refractivity contribution is 0.157. The number of hydrogen-bond acceptors (Lipinski definition) is 4. The molecule has 0 radical (unpaired) electrons. The number of methoxy groups -OCH3 is 1. The SMILES string of the molecule is CN=C(NCc1csc(C(C)C)n1)N1CCC(COC)C1.I. The van der Waals surface area contributed by atoms with Gasteiger partial charge in [-0.2, -0.15) is 0 Å². The van der Waals surface area contributed by atoms with E-state index in [2.05, 4.69) is 39.4 Å². The predicted octanol–water partition coefficient (Wildman–Crippen LogP) is 2.93. The van der Waals surface area contributed by atoms with Crippen molar-refractivity contribution in [2.24, 2.45) is 10.9 Å². The summed E-state index contributed by atoms with van der Waals surface area (Å²) in [5.74, 6) is 2.07. The van der Waals surface area contributed by atoms with Gasteiger partial charge in [-0.15, -0.1) is 35.3 Å². The minimum Gasteiger partial charge on any atom is -0.384 e. The lowest BCUT2D eigenvalue weighted by Gasteiger charge is -2.21. The fraction of sp³-hybridized carbons (Fsp3) is 0.733. The van der Waals surface area contributed by atoms with Gasteiger partial charge in [0.15, 0.2) is 5.96 Å². The lowest BCUT2D eigenvalue weighted by atomic mass is 10.1. The van der Waals surface area contributed by atoms with Crippen LogP contribution in [0.25, 0.3) is 0 Å². The number of likely N-dealkylation sites (tertiary alicyclic amines) is 1. The number of ether oxygens (including phenoxy) is 1. The molecule has 1 N–H and O–H groups in total. The second-order valence-electron chi connectivity index (χ2n) is 5.79. The fourth-order valence-electron chi connectivity index (χ4n) is 2.57. The van der Waals surface area contributed by atoms with Gasteiger partial charge in [0.2, 0.25) is 0 Å². The summed E-state index contributed by atoms with van der Waals surface area (Å²) in [6.45, 7) is 7.98. The zero-order chi connectivity index (χ0) is 15.2. The number of halogens is 1. The first-order valence-electron chi connectivity index (χ1n) is 7.52. The molecule has 0 aliphatic carbocycles. The molecule has 1 aromatic heterocycles. The average Bonchev–Trinajstić information content (AvgIpc) is 3.09. The molecule has 126 valence electrons. The number of nitrogens with one attached hydrogen (secondary N) is 1. The number of aliphatic imine (C=N–C) groups is 1. The third kappa shape index (κ3) is 5.34. The molecule has 0 spiro atoms. The third-order valence-corrected chi connectivity index (χ3v) is 4.88. The van der Waals surface area contributed by atoms with E-state index in [1.807, 2.05) is 7.05 Å². The van der Waals surface area contributed by atoms with Crippen LogP contribution in [-0.4, -0.2) is 49.7 Å². The van der Waals surface area contributed by atoms with E-state index in [9.17, 15) is 0 Å². The molecule has 1 unspecified atom stereocenters. The largest absolute Gasteiger partial charge is 0.384 e. The zero-order valence-electron chi connectivity index (χ0n) is 13.8. The number of nitrogens with zero attached hydrogens (tertiary/aromatic N) is 3. The van der Waals surface area contributed by atoms with E-state index in [-0.39, 0.29) is 24.0 Å². The van der Waals surface area contributed by atoms with E-state index >= 15 is 0 Å². The maximum atomic E-state index is 5.25. The van der Waals surface area contributed by atoms with E-state index in [1.165, 1.54) is 11.4 Å². The lowest BCUT2D eigenvalue weighted by Crippen LogP contribution is -2.39. The molecule has 1 fully saturated rings. The minimum absolute atomic E-state index is 0. The number of thiazole rings is 1. The van der Waals surface area contributed by atoms with Gasteiger partial charge in [0.25, 0.3) is 0 Å². The smallest absolute Gasteiger partial charge is 0.193 e. The highest BCUT2D eigenvalue weighted by Gasteiger charge is 2.24. The summed E-state index contributed by atoms with van der Waals surface area (Å²) < 4.78 is 5.25. The standard InChI is InChI=1S/C15H26N4OS.HI/c1-11(2)14-18-13(10-21-14)7-17-15(16-3)19-6-5-12(8-19)9-20-4;/h10-12H,5-9H2,1-4H3,(H,16,17);1H. The van der Waals surface area contributed by atoms with Crippen LogP contribution < -0.4 is 5.32 Å². The van der Waals surface area contributed by atoms with E-state index < -0.39 is 0 Å². The van der Waals surface area contributed by atoms with Crippen LogP contribution in [0.4, 0.5) is 0 Å². The molecule has 7 heteroatoms. The van der Waals surface area contributed by atoms with Crippen molar-refractivity contribution in [3.8, 4) is 0 Å². The van der Waals surface area contributed by atoms with Crippen LogP contribution in [0.1, 0.15) is 36.9 Å². The molecule has 0 aromatic carbocycles. The molecular weight excluding hydrogens is 411 g/mol. The van der Waals surface area contributed by atoms with Crippen LogP contribution in [0.2, 0.25) is 0 Å². The molecule has 1 aromatic rings. The van der Waals surface area contributed by atoms with Gasteiger partial charge in [0.1, 0.15) is 0 Å². The Morgan fingerprint density at radius 2 is 2.36 bits per heavy atom. The Bertz CT molecular complexity index is 478. The summed E-state index contributed by atoms with van der Waals surface area (Å²) in [4.78, 5) is 11.3. The Labute approximate surface area is 154 Å². The third-order valence-electron chi connectivity index (χ3n) is 3.69. The van der Waals surface area contributed by atoms with Gasteiger partial charge < -0.3 is 15.0 Å². The number of aromatic nitrogens is 1. The first-order chi connectivity index (χ1) is 10.1. The normalized spacial score (nSPS) is 18.7. The molecule has 1 saturated heterocycles. The van der Waals surface area contributed by atoms with Gasteiger partial charge in [-0.05, 0) is 6.42 Å². The summed E-state index contributed by atoms with van der Waals surface area (Å²) >= 11 is 1.74. The highest BCUT2D eigenvalue weighted by molar-refractivity contribution is 14.0. The van der Waals surface area contributed by atoms with Gasteiger partial charge in [-0.3, -0.25) is 4.99 Å². The van der Waals surface area contributed by atoms with Crippen molar-refractivity contribution in [3.05, 3.63) is 16.1 Å². The molecule has 1 atom stereocenters. The molecule has 2 heterocycles. The average molecular weight is 438 g/mol. The first kappa shape index (κ1) is 19.6. The van der Waals surface area contributed by atoms with Crippen LogP contribution in [0.5, 0.6) is 0 Å². The molecule has 22 heavy (non-hydrogen) atoms. The summed E-state index contributed by atoms with van der Waals surface area (Å²) in [5.41, 5.74) is 1.09. The van der Waals surface area contributed by atoms with Gasteiger partial charge in [-0.1, -0.05) is 13.8 Å². The van der Waals surface area contributed by atoms with Crippen molar-refractivity contribution in [3.63, 3.8) is 0 Å². The van der Waals surface area contributed by atoms with Crippen LogP contribution in [-0.2, 0) is 11.3 Å². The number of hydrogen-bond donors (Lipinski definition) is 1. The highest BCUT2D eigenvalue weighted by atomic mass is 127. The molecule has 2 rings (SSSR count). The van der Waals surface area contributed by atoms with Gasteiger partial charge >= 0.3 is 0 Å². The Kier molecular flexibility index (Phi) is 8.63. The summed E-state index contributed by atoms with van der Waals surface area (Å²) in [6.07, 6.45) is 1.17. The summed E-state index contributed by atoms with van der Waals surface area (Å²) in [7, 11) is 3.61. The number of guanidine groups is 1. The molecule has 0 saturated carbocycles. The van der Waals surface area contributed by atoms with Crippen LogP contribution in [0.3, 0.4) is 0 Å². The Balaban J connectivity index is 0.00000242. The van der Waals surface area contributed by atoms with Crippen molar-refractivity contribution < 1.29 is 4.74 Å².